The van der Waals surface area contributed by atoms with Crippen LogP contribution in [0.4, 0.5) is 0 Å². The molecule has 4 rings (SSSR count). The molecule has 4 nitrogen and oxygen atoms in total. The fourth-order valence-electron chi connectivity index (χ4n) is 4.16. The van der Waals surface area contributed by atoms with Crippen LogP contribution < -0.4 is 0 Å². The maximum Gasteiger partial charge on any atom is 0.338 e. The quantitative estimate of drug-likeness (QED) is 0.206. The van der Waals surface area contributed by atoms with E-state index in [1.165, 1.54) is 25.3 Å². The van der Waals surface area contributed by atoms with Crippen molar-refractivity contribution in [3.05, 3.63) is 140 Å². The fraction of sp³-hybridized carbons (Fsp3) is 0.158. The first kappa shape index (κ1) is 29.5. The van der Waals surface area contributed by atoms with Crippen LogP contribution in [-0.4, -0.2) is 26.2 Å². The molecule has 0 saturated heterocycles. The molecule has 4 heteroatoms. The number of benzene rings is 4. The Hall–Kier alpha value is -5.50. The van der Waals surface area contributed by atoms with Gasteiger partial charge in [0.1, 0.15) is 0 Å². The normalized spacial score (nSPS) is 9.76. The molecule has 42 heavy (non-hydrogen) atoms. The van der Waals surface area contributed by atoms with Crippen LogP contribution in [0.2, 0.25) is 0 Å². The van der Waals surface area contributed by atoms with Gasteiger partial charge in [0.25, 0.3) is 0 Å². The molecule has 0 radical (unpaired) electrons. The molecule has 0 heterocycles. The zero-order valence-corrected chi connectivity index (χ0v) is 24.6. The fourth-order valence-corrected chi connectivity index (χ4v) is 4.16. The van der Waals surface area contributed by atoms with E-state index in [1.54, 1.807) is 12.1 Å². The molecular formula is C38H30O4. The standard InChI is InChI=1S/C38H30O4/c1-25-7-10-29(19-28(25)4)13-16-32-20-33(17-14-30-11-8-26(2)35(23-30)37(39)41-5)22-34(21-32)18-15-31-12-9-27(3)36(24-31)38(40)42-6/h7-12,19-24H,1-6H3. The second-order valence-electron chi connectivity index (χ2n) is 9.89. The predicted octanol–water partition coefficient (Wildman–Crippen LogP) is 6.69. The van der Waals surface area contributed by atoms with Gasteiger partial charge in [0, 0.05) is 33.4 Å². The van der Waals surface area contributed by atoms with E-state index in [2.05, 4.69) is 61.5 Å². The number of carbonyl (C=O) groups excluding carboxylic acids is 2. The number of aryl methyl sites for hydroxylation is 4. The summed E-state index contributed by atoms with van der Waals surface area (Å²) in [7, 11) is 2.72. The molecule has 0 atom stereocenters. The molecule has 206 valence electrons. The van der Waals surface area contributed by atoms with Gasteiger partial charge in [-0.25, -0.2) is 9.59 Å². The number of hydrogen-bond donors (Lipinski definition) is 0. The van der Waals surface area contributed by atoms with Gasteiger partial charge in [-0.3, -0.25) is 0 Å². The zero-order valence-electron chi connectivity index (χ0n) is 24.6. The van der Waals surface area contributed by atoms with E-state index >= 15 is 0 Å². The minimum Gasteiger partial charge on any atom is -0.465 e. The van der Waals surface area contributed by atoms with Gasteiger partial charge in [0.2, 0.25) is 0 Å². The van der Waals surface area contributed by atoms with Crippen molar-refractivity contribution in [2.45, 2.75) is 27.7 Å². The van der Waals surface area contributed by atoms with Crippen molar-refractivity contribution in [1.29, 1.82) is 0 Å². The van der Waals surface area contributed by atoms with E-state index < -0.39 is 11.9 Å². The third kappa shape index (κ3) is 7.37. The average molecular weight is 551 g/mol. The van der Waals surface area contributed by atoms with Gasteiger partial charge < -0.3 is 9.47 Å². The van der Waals surface area contributed by atoms with Crippen LogP contribution in [0.3, 0.4) is 0 Å². The largest absolute Gasteiger partial charge is 0.465 e. The van der Waals surface area contributed by atoms with E-state index in [1.807, 2.05) is 62.4 Å². The summed E-state index contributed by atoms with van der Waals surface area (Å²) in [6, 6.07) is 22.8. The molecule has 0 N–H and O–H groups in total. The highest BCUT2D eigenvalue weighted by atomic mass is 16.5. The van der Waals surface area contributed by atoms with Crippen molar-refractivity contribution in [2.24, 2.45) is 0 Å². The van der Waals surface area contributed by atoms with Gasteiger partial charge >= 0.3 is 11.9 Å². The van der Waals surface area contributed by atoms with Crippen LogP contribution in [-0.2, 0) is 9.47 Å². The third-order valence-corrected chi connectivity index (χ3v) is 6.78. The molecule has 4 aromatic carbocycles. The lowest BCUT2D eigenvalue weighted by molar-refractivity contribution is 0.0591. The summed E-state index contributed by atoms with van der Waals surface area (Å²) < 4.78 is 9.79. The van der Waals surface area contributed by atoms with Crippen LogP contribution >= 0.6 is 0 Å². The summed E-state index contributed by atoms with van der Waals surface area (Å²) in [5.41, 5.74) is 9.52. The van der Waals surface area contributed by atoms with Gasteiger partial charge in [-0.05, 0) is 105 Å². The van der Waals surface area contributed by atoms with Crippen LogP contribution in [0, 0.1) is 63.2 Å². The van der Waals surface area contributed by atoms with Gasteiger partial charge in [-0.1, -0.05) is 53.7 Å². The molecule has 0 aromatic heterocycles. The SMILES string of the molecule is COC(=O)c1cc(C#Cc2cc(C#Cc3ccc(C)c(C)c3)cc(C#Cc3ccc(C)c(C(=O)OC)c3)c2)ccc1C. The second-order valence-corrected chi connectivity index (χ2v) is 9.89. The highest BCUT2D eigenvalue weighted by molar-refractivity contribution is 5.92. The molecule has 0 aliphatic carbocycles. The Morgan fingerprint density at radius 1 is 0.429 bits per heavy atom. The van der Waals surface area contributed by atoms with E-state index in [0.29, 0.717) is 22.3 Å². The number of methoxy groups -OCH3 is 2. The Morgan fingerprint density at radius 3 is 1.12 bits per heavy atom. The first-order valence-corrected chi connectivity index (χ1v) is 13.3. The minimum atomic E-state index is -0.399. The van der Waals surface area contributed by atoms with Crippen molar-refractivity contribution in [2.75, 3.05) is 14.2 Å². The first-order valence-electron chi connectivity index (χ1n) is 13.3. The van der Waals surface area contributed by atoms with Crippen molar-refractivity contribution >= 4 is 11.9 Å². The summed E-state index contributed by atoms with van der Waals surface area (Å²) in [4.78, 5) is 24.3. The number of ether oxygens (including phenoxy) is 2. The summed E-state index contributed by atoms with van der Waals surface area (Å²) in [5.74, 6) is 18.4. The van der Waals surface area contributed by atoms with Crippen molar-refractivity contribution in [3.8, 4) is 35.5 Å². The summed E-state index contributed by atoms with van der Waals surface area (Å²) >= 11 is 0. The molecular weight excluding hydrogens is 520 g/mol. The van der Waals surface area contributed by atoms with Crippen LogP contribution in [0.15, 0.2) is 72.8 Å². The van der Waals surface area contributed by atoms with E-state index in [9.17, 15) is 9.59 Å². The Morgan fingerprint density at radius 2 is 0.762 bits per heavy atom. The van der Waals surface area contributed by atoms with Gasteiger partial charge in [0.05, 0.1) is 25.3 Å². The molecule has 0 bridgehead atoms. The molecule has 4 aromatic rings. The summed E-state index contributed by atoms with van der Waals surface area (Å²) in [5, 5.41) is 0. The average Bonchev–Trinajstić information content (AvgIpc) is 3.00. The van der Waals surface area contributed by atoms with Crippen LogP contribution in [0.5, 0.6) is 0 Å². The summed E-state index contributed by atoms with van der Waals surface area (Å²) in [6.45, 7) is 7.85. The summed E-state index contributed by atoms with van der Waals surface area (Å²) in [6.07, 6.45) is 0. The molecule has 0 spiro atoms. The van der Waals surface area contributed by atoms with Crippen molar-refractivity contribution in [3.63, 3.8) is 0 Å². The molecule has 0 aliphatic heterocycles. The predicted molar refractivity (Wildman–Crippen MR) is 165 cm³/mol. The lowest BCUT2D eigenvalue weighted by Gasteiger charge is -2.04. The molecule has 0 unspecified atom stereocenters. The maximum atomic E-state index is 12.1. The molecule has 0 saturated carbocycles. The van der Waals surface area contributed by atoms with Gasteiger partial charge in [-0.2, -0.15) is 0 Å². The smallest absolute Gasteiger partial charge is 0.338 e. The third-order valence-electron chi connectivity index (χ3n) is 6.78. The Kier molecular flexibility index (Phi) is 9.29. The lowest BCUT2D eigenvalue weighted by Crippen LogP contribution is -2.04. The van der Waals surface area contributed by atoms with Gasteiger partial charge in [0.15, 0.2) is 0 Å². The Balaban J connectivity index is 1.76. The van der Waals surface area contributed by atoms with Gasteiger partial charge in [-0.15, -0.1) is 0 Å². The topological polar surface area (TPSA) is 52.6 Å². The van der Waals surface area contributed by atoms with Crippen LogP contribution in [0.25, 0.3) is 0 Å². The first-order chi connectivity index (χ1) is 20.2. The molecule has 0 aliphatic rings. The maximum absolute atomic E-state index is 12.1. The van der Waals surface area contributed by atoms with Crippen molar-refractivity contribution < 1.29 is 19.1 Å². The zero-order chi connectivity index (χ0) is 30.2. The number of esters is 2. The Bertz CT molecular complexity index is 1790. The Labute approximate surface area is 247 Å². The lowest BCUT2D eigenvalue weighted by atomic mass is 10.0. The number of hydrogen-bond acceptors (Lipinski definition) is 4. The number of rotatable bonds is 2. The highest BCUT2D eigenvalue weighted by Gasteiger charge is 2.10. The van der Waals surface area contributed by atoms with Crippen molar-refractivity contribution in [1.82, 2.24) is 0 Å². The van der Waals surface area contributed by atoms with Crippen LogP contribution in [0.1, 0.15) is 76.4 Å². The highest BCUT2D eigenvalue weighted by Crippen LogP contribution is 2.15. The number of carbonyl (C=O) groups is 2. The monoisotopic (exact) mass is 550 g/mol. The second kappa shape index (κ2) is 13.2. The van der Waals surface area contributed by atoms with E-state index in [-0.39, 0.29) is 0 Å². The molecule has 0 amide bonds. The van der Waals surface area contributed by atoms with E-state index in [0.717, 1.165) is 33.4 Å². The van der Waals surface area contributed by atoms with E-state index in [4.69, 9.17) is 9.47 Å². The molecule has 0 fully saturated rings. The minimum absolute atomic E-state index is 0.399.